The molecular formula is C44H64O4. The lowest BCUT2D eigenvalue weighted by molar-refractivity contribution is 0.0627. The van der Waals surface area contributed by atoms with E-state index >= 15 is 0 Å². The quantitative estimate of drug-likeness (QED) is 0.0465. The maximum atomic E-state index is 12.6. The van der Waals surface area contributed by atoms with Gasteiger partial charge in [-0.25, -0.2) is 4.79 Å². The Bertz CT molecular complexity index is 1220. The predicted octanol–water partition coefficient (Wildman–Crippen LogP) is 13.5. The van der Waals surface area contributed by atoms with E-state index in [1.807, 2.05) is 24.3 Å². The van der Waals surface area contributed by atoms with E-state index < -0.39 is 0 Å². The molecule has 0 spiro atoms. The van der Waals surface area contributed by atoms with E-state index in [2.05, 4.69) is 45.0 Å². The van der Waals surface area contributed by atoms with Gasteiger partial charge in [0, 0.05) is 6.61 Å². The molecule has 0 bridgehead atoms. The molecule has 0 saturated carbocycles. The summed E-state index contributed by atoms with van der Waals surface area (Å²) >= 11 is 0. The van der Waals surface area contributed by atoms with Gasteiger partial charge in [0.2, 0.25) is 0 Å². The number of esters is 1. The van der Waals surface area contributed by atoms with Gasteiger partial charge >= 0.3 is 5.97 Å². The maximum Gasteiger partial charge on any atom is 0.343 e. The Balaban J connectivity index is 1.20. The van der Waals surface area contributed by atoms with Gasteiger partial charge < -0.3 is 14.2 Å². The average molecular weight is 657 g/mol. The summed E-state index contributed by atoms with van der Waals surface area (Å²) in [5.41, 5.74) is 3.88. The lowest BCUT2D eigenvalue weighted by atomic mass is 10.0. The van der Waals surface area contributed by atoms with Crippen molar-refractivity contribution in [2.75, 3.05) is 13.2 Å². The monoisotopic (exact) mass is 656 g/mol. The Morgan fingerprint density at radius 2 is 0.938 bits per heavy atom. The Morgan fingerprint density at radius 3 is 1.42 bits per heavy atom. The maximum absolute atomic E-state index is 12.6. The summed E-state index contributed by atoms with van der Waals surface area (Å²) in [5.74, 6) is 0.895. The van der Waals surface area contributed by atoms with Crippen LogP contribution in [-0.2, 0) is 4.74 Å². The van der Waals surface area contributed by atoms with Crippen LogP contribution in [0.2, 0.25) is 0 Å². The summed E-state index contributed by atoms with van der Waals surface area (Å²) in [5, 5.41) is 0. The van der Waals surface area contributed by atoms with Crippen molar-refractivity contribution >= 4 is 5.97 Å². The van der Waals surface area contributed by atoms with Crippen LogP contribution in [0.5, 0.6) is 11.5 Å². The summed E-state index contributed by atoms with van der Waals surface area (Å²) in [4.78, 5) is 12.6. The topological polar surface area (TPSA) is 44.8 Å². The van der Waals surface area contributed by atoms with Crippen molar-refractivity contribution in [3.8, 4) is 22.6 Å². The summed E-state index contributed by atoms with van der Waals surface area (Å²) in [7, 11) is 0. The highest BCUT2D eigenvalue weighted by Gasteiger charge is 2.10. The van der Waals surface area contributed by atoms with E-state index in [1.54, 1.807) is 24.3 Å². The van der Waals surface area contributed by atoms with Gasteiger partial charge in [-0.1, -0.05) is 159 Å². The number of hydrogen-bond donors (Lipinski definition) is 0. The van der Waals surface area contributed by atoms with Gasteiger partial charge in [-0.15, -0.1) is 0 Å². The molecule has 0 aromatic heterocycles. The minimum absolute atomic E-state index is 0.0823. The number of hydrogen-bond acceptors (Lipinski definition) is 4. The van der Waals surface area contributed by atoms with E-state index in [4.69, 9.17) is 14.2 Å². The Morgan fingerprint density at radius 1 is 0.500 bits per heavy atom. The van der Waals surface area contributed by atoms with Crippen LogP contribution in [0.1, 0.15) is 165 Å². The van der Waals surface area contributed by atoms with Gasteiger partial charge in [-0.2, -0.15) is 0 Å². The van der Waals surface area contributed by atoms with Crippen molar-refractivity contribution in [3.05, 3.63) is 83.9 Å². The number of carbonyl (C=O) groups is 1. The zero-order valence-corrected chi connectivity index (χ0v) is 30.5. The molecule has 3 rings (SSSR count). The van der Waals surface area contributed by atoms with Crippen LogP contribution >= 0.6 is 0 Å². The molecule has 0 fully saturated rings. The van der Waals surface area contributed by atoms with Crippen molar-refractivity contribution in [3.63, 3.8) is 0 Å². The second-order valence-electron chi connectivity index (χ2n) is 13.4. The highest BCUT2D eigenvalue weighted by Crippen LogP contribution is 2.26. The molecule has 0 radical (unpaired) electrons. The highest BCUT2D eigenvalue weighted by molar-refractivity contribution is 5.91. The van der Waals surface area contributed by atoms with Gasteiger partial charge in [0.05, 0.1) is 18.3 Å². The van der Waals surface area contributed by atoms with Crippen molar-refractivity contribution in [2.45, 2.75) is 149 Å². The fourth-order valence-electron chi connectivity index (χ4n) is 6.10. The van der Waals surface area contributed by atoms with Crippen molar-refractivity contribution in [1.29, 1.82) is 0 Å². The first-order valence-electron chi connectivity index (χ1n) is 19.4. The molecule has 3 aromatic rings. The fraction of sp³-hybridized carbons (Fsp3) is 0.568. The van der Waals surface area contributed by atoms with Crippen LogP contribution < -0.4 is 9.47 Å². The largest absolute Gasteiger partial charge is 0.494 e. The normalized spacial score (nSPS) is 11.8. The molecule has 1 atom stereocenters. The van der Waals surface area contributed by atoms with Crippen molar-refractivity contribution in [2.24, 2.45) is 0 Å². The molecule has 3 aromatic carbocycles. The fourth-order valence-corrected chi connectivity index (χ4v) is 6.10. The minimum atomic E-state index is -0.381. The smallest absolute Gasteiger partial charge is 0.343 e. The van der Waals surface area contributed by atoms with Crippen molar-refractivity contribution < 1.29 is 19.0 Å². The summed E-state index contributed by atoms with van der Waals surface area (Å²) in [6.45, 7) is 7.97. The molecule has 4 nitrogen and oxygen atoms in total. The standard InChI is InChI=1S/C44H64O4/c1-4-6-7-8-9-10-11-12-13-14-15-16-17-18-19-20-21-22-36-46-37(3)38-23-25-39(26-24-38)40-27-33-43(34-28-40)48-44(45)41-29-31-42(32-30-41)47-35-5-2/h23-34,37H,4-22,35-36H2,1-3H3. The first kappa shape index (κ1) is 39.3. The van der Waals surface area contributed by atoms with Gasteiger partial charge in [0.1, 0.15) is 11.5 Å². The van der Waals surface area contributed by atoms with Crippen LogP contribution in [0.4, 0.5) is 0 Å². The molecule has 0 saturated heterocycles. The lowest BCUT2D eigenvalue weighted by Crippen LogP contribution is -2.08. The SMILES string of the molecule is CCCCCCCCCCCCCCCCCCCCOC(C)c1ccc(-c2ccc(OC(=O)c3ccc(OCCC)cc3)cc2)cc1. The Hall–Kier alpha value is -3.11. The third kappa shape index (κ3) is 16.3. The summed E-state index contributed by atoms with van der Waals surface area (Å²) in [6, 6.07) is 23.3. The molecule has 0 aliphatic heterocycles. The minimum Gasteiger partial charge on any atom is -0.494 e. The Kier molecular flexibility index (Phi) is 20.4. The summed E-state index contributed by atoms with van der Waals surface area (Å²) < 4.78 is 17.3. The molecule has 0 heterocycles. The highest BCUT2D eigenvalue weighted by atomic mass is 16.5. The van der Waals surface area contributed by atoms with Gasteiger partial charge in [0.15, 0.2) is 0 Å². The number of carbonyl (C=O) groups excluding carboxylic acids is 1. The zero-order chi connectivity index (χ0) is 34.1. The number of benzene rings is 3. The first-order valence-corrected chi connectivity index (χ1v) is 19.4. The molecule has 0 aliphatic carbocycles. The molecule has 4 heteroatoms. The van der Waals surface area contributed by atoms with Crippen LogP contribution in [0.3, 0.4) is 0 Å². The second-order valence-corrected chi connectivity index (χ2v) is 13.4. The number of unbranched alkanes of at least 4 members (excludes halogenated alkanes) is 17. The molecule has 0 amide bonds. The summed E-state index contributed by atoms with van der Waals surface area (Å²) in [6.07, 6.45) is 26.1. The van der Waals surface area contributed by atoms with E-state index in [0.29, 0.717) is 17.9 Å². The lowest BCUT2D eigenvalue weighted by Gasteiger charge is -2.14. The van der Waals surface area contributed by atoms with Gasteiger partial charge in [-0.3, -0.25) is 0 Å². The number of ether oxygens (including phenoxy) is 3. The number of rotatable bonds is 27. The first-order chi connectivity index (χ1) is 23.6. The average Bonchev–Trinajstić information content (AvgIpc) is 3.12. The molecular weight excluding hydrogens is 592 g/mol. The van der Waals surface area contributed by atoms with Crippen LogP contribution in [0, 0.1) is 0 Å². The molecule has 48 heavy (non-hydrogen) atoms. The van der Waals surface area contributed by atoms with Gasteiger partial charge in [0.25, 0.3) is 0 Å². The van der Waals surface area contributed by atoms with Crippen LogP contribution in [0.15, 0.2) is 72.8 Å². The van der Waals surface area contributed by atoms with E-state index in [-0.39, 0.29) is 12.1 Å². The molecule has 1 unspecified atom stereocenters. The second kappa shape index (κ2) is 24.9. The molecule has 264 valence electrons. The van der Waals surface area contributed by atoms with E-state index in [0.717, 1.165) is 36.3 Å². The molecule has 0 aliphatic rings. The van der Waals surface area contributed by atoms with Crippen LogP contribution in [0.25, 0.3) is 11.1 Å². The van der Waals surface area contributed by atoms with Crippen LogP contribution in [-0.4, -0.2) is 19.2 Å². The molecule has 0 N–H and O–H groups in total. The van der Waals surface area contributed by atoms with Crippen molar-refractivity contribution in [1.82, 2.24) is 0 Å². The predicted molar refractivity (Wildman–Crippen MR) is 202 cm³/mol. The third-order valence-electron chi connectivity index (χ3n) is 9.21. The van der Waals surface area contributed by atoms with E-state index in [1.165, 1.54) is 115 Å². The third-order valence-corrected chi connectivity index (χ3v) is 9.21. The zero-order valence-electron chi connectivity index (χ0n) is 30.5. The Labute approximate surface area is 293 Å². The van der Waals surface area contributed by atoms with E-state index in [9.17, 15) is 4.79 Å². The van der Waals surface area contributed by atoms with Gasteiger partial charge in [-0.05, 0) is 72.9 Å².